The minimum atomic E-state index is 0.652. The molecule has 0 aromatic carbocycles. The zero-order valence-corrected chi connectivity index (χ0v) is 9.74. The van der Waals surface area contributed by atoms with E-state index in [0.29, 0.717) is 5.92 Å². The summed E-state index contributed by atoms with van der Waals surface area (Å²) in [7, 11) is 0. The van der Waals surface area contributed by atoms with E-state index in [4.69, 9.17) is 4.18 Å². The Balaban J connectivity index is 1.87. The summed E-state index contributed by atoms with van der Waals surface area (Å²) in [5.74, 6) is 1.74. The van der Waals surface area contributed by atoms with Crippen molar-refractivity contribution >= 4 is 17.9 Å². The van der Waals surface area contributed by atoms with Crippen LogP contribution >= 0.6 is 12.0 Å². The molecule has 0 amide bonds. The van der Waals surface area contributed by atoms with Crippen LogP contribution in [0.3, 0.4) is 0 Å². The Morgan fingerprint density at radius 3 is 3.27 bits per heavy atom. The minimum Gasteiger partial charge on any atom is -0.356 e. The lowest BCUT2D eigenvalue weighted by molar-refractivity contribution is 0.304. The monoisotopic (exact) mass is 224 g/mol. The van der Waals surface area contributed by atoms with Crippen molar-refractivity contribution in [3.63, 3.8) is 0 Å². The molecule has 1 aliphatic heterocycles. The van der Waals surface area contributed by atoms with Gasteiger partial charge in [0.15, 0.2) is 0 Å². The number of hydrogen-bond donors (Lipinski definition) is 0. The molecule has 1 saturated heterocycles. The van der Waals surface area contributed by atoms with Gasteiger partial charge in [0.1, 0.15) is 5.82 Å². The van der Waals surface area contributed by atoms with E-state index in [2.05, 4.69) is 16.0 Å². The average molecular weight is 224 g/mol. The third kappa shape index (κ3) is 2.86. The van der Waals surface area contributed by atoms with Crippen LogP contribution in [-0.4, -0.2) is 30.9 Å². The molecule has 0 N–H and O–H groups in total. The summed E-state index contributed by atoms with van der Waals surface area (Å²) in [6.07, 6.45) is 5.02. The first-order valence-corrected chi connectivity index (χ1v) is 6.36. The maximum atomic E-state index is 5.37. The molecule has 1 aliphatic rings. The maximum absolute atomic E-state index is 5.37. The molecule has 1 atom stereocenters. The van der Waals surface area contributed by atoms with Gasteiger partial charge in [0.2, 0.25) is 0 Å². The Labute approximate surface area is 95.0 Å². The molecule has 0 bridgehead atoms. The zero-order valence-electron chi connectivity index (χ0n) is 8.93. The predicted octanol–water partition coefficient (Wildman–Crippen LogP) is 2.20. The molecule has 1 fully saturated rings. The van der Waals surface area contributed by atoms with Crippen molar-refractivity contribution in [3.8, 4) is 0 Å². The Morgan fingerprint density at radius 1 is 1.60 bits per heavy atom. The lowest BCUT2D eigenvalue weighted by Gasteiger charge is -2.16. The molecule has 4 heteroatoms. The predicted molar refractivity (Wildman–Crippen MR) is 64.0 cm³/mol. The summed E-state index contributed by atoms with van der Waals surface area (Å²) in [4.78, 5) is 6.68. The summed E-state index contributed by atoms with van der Waals surface area (Å²) >= 11 is 1.45. The molecule has 82 valence electrons. The van der Waals surface area contributed by atoms with Gasteiger partial charge in [0.05, 0.1) is 6.61 Å². The smallest absolute Gasteiger partial charge is 0.128 e. The first-order chi connectivity index (χ1) is 7.40. The molecule has 0 saturated carbocycles. The Hall–Kier alpha value is -0.740. The molecule has 1 aromatic rings. The molecular formula is C11H16N2OS. The minimum absolute atomic E-state index is 0.652. The molecule has 1 aromatic heterocycles. The van der Waals surface area contributed by atoms with Gasteiger partial charge >= 0.3 is 0 Å². The summed E-state index contributed by atoms with van der Waals surface area (Å²) in [5.41, 5.74) is 0. The van der Waals surface area contributed by atoms with E-state index >= 15 is 0 Å². The summed E-state index contributed by atoms with van der Waals surface area (Å²) < 4.78 is 5.37. The van der Waals surface area contributed by atoms with E-state index in [9.17, 15) is 0 Å². The first-order valence-electron chi connectivity index (χ1n) is 5.21. The van der Waals surface area contributed by atoms with Crippen molar-refractivity contribution in [1.82, 2.24) is 4.98 Å². The molecule has 2 heterocycles. The van der Waals surface area contributed by atoms with Crippen molar-refractivity contribution in [3.05, 3.63) is 24.4 Å². The molecular weight excluding hydrogens is 208 g/mol. The number of pyridine rings is 1. The third-order valence-corrected chi connectivity index (χ3v) is 3.05. The molecule has 3 nitrogen and oxygen atoms in total. The van der Waals surface area contributed by atoms with E-state index in [1.54, 1.807) is 0 Å². The second-order valence-corrected chi connectivity index (χ2v) is 4.31. The highest BCUT2D eigenvalue weighted by Crippen LogP contribution is 2.22. The Bertz CT molecular complexity index is 294. The van der Waals surface area contributed by atoms with Crippen LogP contribution in [0.15, 0.2) is 24.4 Å². The SMILES string of the molecule is CSOCC1CCN(c2ccccn2)C1. The standard InChI is InChI=1S/C11H16N2OS/c1-15-14-9-10-5-7-13(8-10)11-4-2-3-6-12-11/h2-4,6,10H,5,7-9H2,1H3. The first kappa shape index (κ1) is 10.8. The van der Waals surface area contributed by atoms with Crippen LogP contribution < -0.4 is 4.90 Å². The Kier molecular flexibility index (Phi) is 3.86. The van der Waals surface area contributed by atoms with Crippen molar-refractivity contribution < 1.29 is 4.18 Å². The lowest BCUT2D eigenvalue weighted by Crippen LogP contribution is -2.21. The molecule has 1 unspecified atom stereocenters. The van der Waals surface area contributed by atoms with Crippen LogP contribution in [0.4, 0.5) is 5.82 Å². The van der Waals surface area contributed by atoms with Crippen molar-refractivity contribution in [2.24, 2.45) is 5.92 Å². The number of anilines is 1. The number of hydrogen-bond acceptors (Lipinski definition) is 4. The average Bonchev–Trinajstić information content (AvgIpc) is 2.76. The normalized spacial score (nSPS) is 20.9. The summed E-state index contributed by atoms with van der Waals surface area (Å²) in [6.45, 7) is 3.02. The lowest BCUT2D eigenvalue weighted by atomic mass is 10.1. The van der Waals surface area contributed by atoms with Gasteiger partial charge in [0, 0.05) is 31.5 Å². The van der Waals surface area contributed by atoms with Gasteiger partial charge < -0.3 is 9.08 Å². The van der Waals surface area contributed by atoms with E-state index in [1.165, 1.54) is 18.5 Å². The molecule has 2 rings (SSSR count). The van der Waals surface area contributed by atoms with Crippen LogP contribution in [0.1, 0.15) is 6.42 Å². The molecule has 15 heavy (non-hydrogen) atoms. The molecule has 0 radical (unpaired) electrons. The second kappa shape index (κ2) is 5.37. The van der Waals surface area contributed by atoms with E-state index < -0.39 is 0 Å². The van der Waals surface area contributed by atoms with E-state index in [0.717, 1.165) is 25.5 Å². The van der Waals surface area contributed by atoms with Crippen molar-refractivity contribution in [2.75, 3.05) is 30.9 Å². The van der Waals surface area contributed by atoms with Gasteiger partial charge in [-0.15, -0.1) is 0 Å². The van der Waals surface area contributed by atoms with Crippen molar-refractivity contribution in [1.29, 1.82) is 0 Å². The number of nitrogens with zero attached hydrogens (tertiary/aromatic N) is 2. The number of rotatable bonds is 4. The highest BCUT2D eigenvalue weighted by Gasteiger charge is 2.23. The summed E-state index contributed by atoms with van der Waals surface area (Å²) in [6, 6.07) is 6.06. The van der Waals surface area contributed by atoms with Crippen molar-refractivity contribution in [2.45, 2.75) is 6.42 Å². The van der Waals surface area contributed by atoms with Crippen LogP contribution in [0.5, 0.6) is 0 Å². The van der Waals surface area contributed by atoms with Gasteiger partial charge in [-0.25, -0.2) is 4.98 Å². The van der Waals surface area contributed by atoms with E-state index in [-0.39, 0.29) is 0 Å². The fraction of sp³-hybridized carbons (Fsp3) is 0.545. The fourth-order valence-corrected chi connectivity index (χ4v) is 2.21. The number of aromatic nitrogens is 1. The quantitative estimate of drug-likeness (QED) is 0.732. The van der Waals surface area contributed by atoms with Gasteiger partial charge in [0.25, 0.3) is 0 Å². The molecule has 0 spiro atoms. The fourth-order valence-electron chi connectivity index (χ4n) is 1.88. The topological polar surface area (TPSA) is 25.4 Å². The van der Waals surface area contributed by atoms with Gasteiger partial charge in [-0.05, 0) is 30.6 Å². The highest BCUT2D eigenvalue weighted by molar-refractivity contribution is 7.93. The van der Waals surface area contributed by atoms with Crippen LogP contribution in [0.25, 0.3) is 0 Å². The van der Waals surface area contributed by atoms with Crippen LogP contribution in [-0.2, 0) is 4.18 Å². The zero-order chi connectivity index (χ0) is 10.5. The summed E-state index contributed by atoms with van der Waals surface area (Å²) in [5, 5.41) is 0. The van der Waals surface area contributed by atoms with Crippen LogP contribution in [0, 0.1) is 5.92 Å². The second-order valence-electron chi connectivity index (χ2n) is 3.74. The van der Waals surface area contributed by atoms with Crippen LogP contribution in [0.2, 0.25) is 0 Å². The third-order valence-electron chi connectivity index (χ3n) is 2.68. The van der Waals surface area contributed by atoms with Gasteiger partial charge in [-0.1, -0.05) is 6.07 Å². The largest absolute Gasteiger partial charge is 0.356 e. The Morgan fingerprint density at radius 2 is 2.53 bits per heavy atom. The maximum Gasteiger partial charge on any atom is 0.128 e. The van der Waals surface area contributed by atoms with Gasteiger partial charge in [-0.3, -0.25) is 0 Å². The van der Waals surface area contributed by atoms with Gasteiger partial charge in [-0.2, -0.15) is 0 Å². The molecule has 0 aliphatic carbocycles. The van der Waals surface area contributed by atoms with E-state index in [1.807, 2.05) is 24.6 Å². The highest BCUT2D eigenvalue weighted by atomic mass is 32.2.